The zero-order valence-corrected chi connectivity index (χ0v) is 11.0. The zero-order chi connectivity index (χ0) is 13.5. The van der Waals surface area contributed by atoms with Crippen molar-refractivity contribution in [2.75, 3.05) is 5.32 Å². The summed E-state index contributed by atoms with van der Waals surface area (Å²) in [6, 6.07) is 9.15. The number of carbonyl (C=O) groups is 1. The number of benzene rings is 1. The Morgan fingerprint density at radius 2 is 1.84 bits per heavy atom. The van der Waals surface area contributed by atoms with Crippen molar-refractivity contribution in [3.8, 4) is 6.07 Å². The van der Waals surface area contributed by atoms with Crippen molar-refractivity contribution in [2.24, 2.45) is 0 Å². The highest BCUT2D eigenvalue weighted by Gasteiger charge is 2.15. The number of hydrogen-bond donors (Lipinski definition) is 2. The fraction of sp³-hybridized carbons (Fsp3) is 0.467. The van der Waals surface area contributed by atoms with Crippen LogP contribution in [0.25, 0.3) is 0 Å². The van der Waals surface area contributed by atoms with Gasteiger partial charge in [0, 0.05) is 6.04 Å². The Morgan fingerprint density at radius 3 is 2.53 bits per heavy atom. The lowest BCUT2D eigenvalue weighted by Gasteiger charge is -2.17. The van der Waals surface area contributed by atoms with Gasteiger partial charge in [0.2, 0.25) is 0 Å². The van der Waals surface area contributed by atoms with Gasteiger partial charge in [0.15, 0.2) is 0 Å². The second-order valence-electron chi connectivity index (χ2n) is 4.94. The summed E-state index contributed by atoms with van der Waals surface area (Å²) in [5.41, 5.74) is 1.05. The quantitative estimate of drug-likeness (QED) is 0.797. The number of nitriles is 1. The topological polar surface area (TPSA) is 64.9 Å². The molecule has 1 aliphatic carbocycles. The van der Waals surface area contributed by atoms with Gasteiger partial charge >= 0.3 is 6.03 Å². The van der Waals surface area contributed by atoms with Gasteiger partial charge in [0.25, 0.3) is 0 Å². The largest absolute Gasteiger partial charge is 0.335 e. The third-order valence-corrected chi connectivity index (χ3v) is 3.49. The van der Waals surface area contributed by atoms with Gasteiger partial charge < -0.3 is 10.6 Å². The number of carbonyl (C=O) groups excluding carboxylic acids is 1. The third-order valence-electron chi connectivity index (χ3n) is 3.49. The van der Waals surface area contributed by atoms with Crippen molar-refractivity contribution in [2.45, 2.75) is 44.6 Å². The van der Waals surface area contributed by atoms with E-state index in [9.17, 15) is 4.79 Å². The molecular weight excluding hydrogens is 238 g/mol. The van der Waals surface area contributed by atoms with E-state index in [-0.39, 0.29) is 12.1 Å². The summed E-state index contributed by atoms with van der Waals surface area (Å²) in [5.74, 6) is 0. The lowest BCUT2D eigenvalue weighted by Crippen LogP contribution is -2.37. The second kappa shape index (κ2) is 6.79. The monoisotopic (exact) mass is 257 g/mol. The Labute approximate surface area is 113 Å². The molecule has 2 amide bonds. The average molecular weight is 257 g/mol. The summed E-state index contributed by atoms with van der Waals surface area (Å²) in [7, 11) is 0. The standard InChI is InChI=1S/C15H19N3O/c16-11-12-7-5-6-10-14(12)18-15(19)17-13-8-3-1-2-4-9-13/h5-7,10,13H,1-4,8-9H2,(H2,17,18,19). The number of anilines is 1. The van der Waals surface area contributed by atoms with E-state index in [0.29, 0.717) is 11.3 Å². The van der Waals surface area contributed by atoms with E-state index in [1.54, 1.807) is 18.2 Å². The predicted molar refractivity (Wildman–Crippen MR) is 74.8 cm³/mol. The fourth-order valence-corrected chi connectivity index (χ4v) is 2.46. The molecule has 0 saturated heterocycles. The van der Waals surface area contributed by atoms with Crippen molar-refractivity contribution < 1.29 is 4.79 Å². The van der Waals surface area contributed by atoms with Crippen LogP contribution < -0.4 is 10.6 Å². The van der Waals surface area contributed by atoms with E-state index in [4.69, 9.17) is 5.26 Å². The van der Waals surface area contributed by atoms with E-state index in [1.165, 1.54) is 25.7 Å². The first-order valence-electron chi connectivity index (χ1n) is 6.86. The summed E-state index contributed by atoms with van der Waals surface area (Å²) in [5, 5.41) is 14.7. The molecule has 0 spiro atoms. The van der Waals surface area contributed by atoms with E-state index in [2.05, 4.69) is 16.7 Å². The molecule has 2 rings (SSSR count). The first-order valence-corrected chi connectivity index (χ1v) is 6.86. The fourth-order valence-electron chi connectivity index (χ4n) is 2.46. The van der Waals surface area contributed by atoms with Crippen LogP contribution in [0, 0.1) is 11.3 Å². The molecule has 4 nitrogen and oxygen atoms in total. The Kier molecular flexibility index (Phi) is 4.79. The number of amides is 2. The van der Waals surface area contributed by atoms with Crippen LogP contribution in [-0.4, -0.2) is 12.1 Å². The summed E-state index contributed by atoms with van der Waals surface area (Å²) in [4.78, 5) is 11.9. The van der Waals surface area contributed by atoms with Gasteiger partial charge in [-0.25, -0.2) is 4.79 Å². The molecular formula is C15H19N3O. The van der Waals surface area contributed by atoms with E-state index >= 15 is 0 Å². The highest BCUT2D eigenvalue weighted by atomic mass is 16.2. The van der Waals surface area contributed by atoms with Crippen molar-refractivity contribution in [3.05, 3.63) is 29.8 Å². The Morgan fingerprint density at radius 1 is 1.16 bits per heavy atom. The van der Waals surface area contributed by atoms with Gasteiger partial charge in [-0.3, -0.25) is 0 Å². The van der Waals surface area contributed by atoms with Gasteiger partial charge in [-0.15, -0.1) is 0 Å². The van der Waals surface area contributed by atoms with Gasteiger partial charge in [-0.2, -0.15) is 5.26 Å². The number of nitrogens with one attached hydrogen (secondary N) is 2. The molecule has 1 aromatic rings. The molecule has 0 radical (unpaired) electrons. The second-order valence-corrected chi connectivity index (χ2v) is 4.94. The Balaban J connectivity index is 1.92. The minimum atomic E-state index is -0.213. The lowest BCUT2D eigenvalue weighted by atomic mass is 10.1. The van der Waals surface area contributed by atoms with Crippen LogP contribution in [0.4, 0.5) is 10.5 Å². The molecule has 1 aromatic carbocycles. The number of nitrogens with zero attached hydrogens (tertiary/aromatic N) is 1. The number of urea groups is 1. The molecule has 2 N–H and O–H groups in total. The normalized spacial score (nSPS) is 16.2. The van der Waals surface area contributed by atoms with Crippen LogP contribution in [0.1, 0.15) is 44.1 Å². The summed E-state index contributed by atoms with van der Waals surface area (Å²) in [6.45, 7) is 0. The molecule has 100 valence electrons. The molecule has 0 atom stereocenters. The molecule has 19 heavy (non-hydrogen) atoms. The Bertz CT molecular complexity index is 471. The van der Waals surface area contributed by atoms with Crippen molar-refractivity contribution in [3.63, 3.8) is 0 Å². The van der Waals surface area contributed by atoms with E-state index in [0.717, 1.165) is 12.8 Å². The van der Waals surface area contributed by atoms with Crippen LogP contribution in [0.2, 0.25) is 0 Å². The molecule has 1 aliphatic rings. The van der Waals surface area contributed by atoms with E-state index < -0.39 is 0 Å². The predicted octanol–water partition coefficient (Wildman–Crippen LogP) is 3.40. The molecule has 0 aromatic heterocycles. The maximum Gasteiger partial charge on any atom is 0.319 e. The smallest absolute Gasteiger partial charge is 0.319 e. The Hall–Kier alpha value is -2.02. The molecule has 1 saturated carbocycles. The lowest BCUT2D eigenvalue weighted by molar-refractivity contribution is 0.247. The van der Waals surface area contributed by atoms with E-state index in [1.807, 2.05) is 6.07 Å². The van der Waals surface area contributed by atoms with Crippen LogP contribution in [-0.2, 0) is 0 Å². The molecule has 1 fully saturated rings. The van der Waals surface area contributed by atoms with Gasteiger partial charge in [-0.05, 0) is 25.0 Å². The van der Waals surface area contributed by atoms with Crippen molar-refractivity contribution in [1.82, 2.24) is 5.32 Å². The first kappa shape index (κ1) is 13.4. The molecule has 0 unspecified atom stereocenters. The molecule has 4 heteroatoms. The minimum absolute atomic E-state index is 0.213. The highest BCUT2D eigenvalue weighted by molar-refractivity contribution is 5.90. The maximum absolute atomic E-state index is 11.9. The minimum Gasteiger partial charge on any atom is -0.335 e. The zero-order valence-electron chi connectivity index (χ0n) is 11.0. The van der Waals surface area contributed by atoms with Crippen molar-refractivity contribution in [1.29, 1.82) is 5.26 Å². The maximum atomic E-state index is 11.9. The third kappa shape index (κ3) is 3.99. The highest BCUT2D eigenvalue weighted by Crippen LogP contribution is 2.18. The van der Waals surface area contributed by atoms with Gasteiger partial charge in [-0.1, -0.05) is 37.8 Å². The van der Waals surface area contributed by atoms with Crippen LogP contribution in [0.5, 0.6) is 0 Å². The van der Waals surface area contributed by atoms with Crippen LogP contribution >= 0.6 is 0 Å². The molecule has 0 heterocycles. The number of para-hydroxylation sites is 1. The molecule has 0 bridgehead atoms. The summed E-state index contributed by atoms with van der Waals surface area (Å²) >= 11 is 0. The summed E-state index contributed by atoms with van der Waals surface area (Å²) in [6.07, 6.45) is 6.98. The number of hydrogen-bond acceptors (Lipinski definition) is 2. The first-order chi connectivity index (χ1) is 9.29. The van der Waals surface area contributed by atoms with Crippen LogP contribution in [0.3, 0.4) is 0 Å². The van der Waals surface area contributed by atoms with Crippen LogP contribution in [0.15, 0.2) is 24.3 Å². The summed E-state index contributed by atoms with van der Waals surface area (Å²) < 4.78 is 0. The van der Waals surface area contributed by atoms with Gasteiger partial charge in [0.05, 0.1) is 11.3 Å². The van der Waals surface area contributed by atoms with Crippen molar-refractivity contribution >= 4 is 11.7 Å². The van der Waals surface area contributed by atoms with Gasteiger partial charge in [0.1, 0.15) is 6.07 Å². The number of rotatable bonds is 2. The SMILES string of the molecule is N#Cc1ccccc1NC(=O)NC1CCCCCC1. The molecule has 0 aliphatic heterocycles. The average Bonchev–Trinajstić information content (AvgIpc) is 2.68.